The molecular weight excluding hydrogens is 293 g/mol. The third-order valence-electron chi connectivity index (χ3n) is 2.70. The molecule has 0 saturated carbocycles. The van der Waals surface area contributed by atoms with Gasteiger partial charge in [0.15, 0.2) is 5.82 Å². The van der Waals surface area contributed by atoms with Gasteiger partial charge < -0.3 is 4.74 Å². The first-order valence-corrected chi connectivity index (χ1v) is 7.15. The second-order valence-corrected chi connectivity index (χ2v) is 5.12. The van der Waals surface area contributed by atoms with Gasteiger partial charge in [-0.1, -0.05) is 30.0 Å². The van der Waals surface area contributed by atoms with E-state index in [1.807, 2.05) is 0 Å². The number of H-pyrrole nitrogens is 1. The van der Waals surface area contributed by atoms with E-state index in [1.165, 1.54) is 24.9 Å². The summed E-state index contributed by atoms with van der Waals surface area (Å²) in [4.78, 5) is 15.4. The van der Waals surface area contributed by atoms with E-state index in [9.17, 15) is 9.18 Å². The molecule has 0 unspecified atom stereocenters. The zero-order valence-corrected chi connectivity index (χ0v) is 12.4. The second kappa shape index (κ2) is 7.03. The van der Waals surface area contributed by atoms with Crippen LogP contribution < -0.4 is 0 Å². The van der Waals surface area contributed by atoms with Gasteiger partial charge in [-0.15, -0.1) is 5.10 Å². The van der Waals surface area contributed by atoms with Gasteiger partial charge in [0, 0.05) is 11.3 Å². The first-order valence-electron chi connectivity index (χ1n) is 6.17. The summed E-state index contributed by atoms with van der Waals surface area (Å²) in [5.41, 5.74) is 0.896. The summed E-state index contributed by atoms with van der Waals surface area (Å²) in [6, 6.07) is 6.35. The second-order valence-electron chi connectivity index (χ2n) is 4.14. The number of nitrogens with zero attached hydrogens (tertiary/aromatic N) is 2. The SMILES string of the molecule is COC(=O)C(C)=CCSc1n[nH]c(-c2ccccc2F)n1. The maximum Gasteiger partial charge on any atom is 0.333 e. The summed E-state index contributed by atoms with van der Waals surface area (Å²) in [6.45, 7) is 1.68. The van der Waals surface area contributed by atoms with Crippen LogP contribution in [-0.4, -0.2) is 34.0 Å². The molecule has 1 N–H and O–H groups in total. The lowest BCUT2D eigenvalue weighted by atomic mass is 10.2. The summed E-state index contributed by atoms with van der Waals surface area (Å²) in [5, 5.41) is 7.20. The highest BCUT2D eigenvalue weighted by Crippen LogP contribution is 2.21. The number of aromatic nitrogens is 3. The van der Waals surface area contributed by atoms with E-state index in [4.69, 9.17) is 0 Å². The monoisotopic (exact) mass is 307 g/mol. The molecule has 2 aromatic rings. The molecule has 0 radical (unpaired) electrons. The summed E-state index contributed by atoms with van der Waals surface area (Å²) in [6.07, 6.45) is 1.73. The van der Waals surface area contributed by atoms with Gasteiger partial charge in [0.2, 0.25) is 5.16 Å². The van der Waals surface area contributed by atoms with Crippen molar-refractivity contribution in [2.45, 2.75) is 12.1 Å². The largest absolute Gasteiger partial charge is 0.466 e. The van der Waals surface area contributed by atoms with Gasteiger partial charge in [-0.3, -0.25) is 5.10 Å². The van der Waals surface area contributed by atoms with Crippen LogP contribution >= 0.6 is 11.8 Å². The zero-order chi connectivity index (χ0) is 15.2. The zero-order valence-electron chi connectivity index (χ0n) is 11.6. The third kappa shape index (κ3) is 3.91. The van der Waals surface area contributed by atoms with Crippen LogP contribution in [0.25, 0.3) is 11.4 Å². The van der Waals surface area contributed by atoms with Crippen LogP contribution in [0.4, 0.5) is 4.39 Å². The van der Waals surface area contributed by atoms with Crippen molar-refractivity contribution in [3.63, 3.8) is 0 Å². The van der Waals surface area contributed by atoms with Crippen LogP contribution in [0.5, 0.6) is 0 Å². The molecule has 1 aromatic carbocycles. The fraction of sp³-hybridized carbons (Fsp3) is 0.214. The molecule has 0 aliphatic heterocycles. The summed E-state index contributed by atoms with van der Waals surface area (Å²) >= 11 is 1.34. The molecule has 7 heteroatoms. The highest BCUT2D eigenvalue weighted by Gasteiger charge is 2.10. The van der Waals surface area contributed by atoms with Crippen molar-refractivity contribution >= 4 is 17.7 Å². The molecule has 0 saturated heterocycles. The van der Waals surface area contributed by atoms with E-state index in [2.05, 4.69) is 19.9 Å². The first-order chi connectivity index (χ1) is 10.1. The van der Waals surface area contributed by atoms with Crippen LogP contribution in [0.3, 0.4) is 0 Å². The van der Waals surface area contributed by atoms with Gasteiger partial charge in [-0.25, -0.2) is 14.2 Å². The van der Waals surface area contributed by atoms with Crippen molar-refractivity contribution in [3.8, 4) is 11.4 Å². The average molecular weight is 307 g/mol. The van der Waals surface area contributed by atoms with Crippen LogP contribution in [0, 0.1) is 5.82 Å². The van der Waals surface area contributed by atoms with Gasteiger partial charge in [0.25, 0.3) is 0 Å². The summed E-state index contributed by atoms with van der Waals surface area (Å²) < 4.78 is 18.2. The van der Waals surface area contributed by atoms with Gasteiger partial charge in [0.1, 0.15) is 5.82 Å². The van der Waals surface area contributed by atoms with Crippen molar-refractivity contribution in [2.24, 2.45) is 0 Å². The van der Waals surface area contributed by atoms with Crippen molar-refractivity contribution in [2.75, 3.05) is 12.9 Å². The number of thioether (sulfide) groups is 1. The lowest BCUT2D eigenvalue weighted by Gasteiger charge is -1.97. The first kappa shape index (κ1) is 15.2. The molecule has 0 atom stereocenters. The van der Waals surface area contributed by atoms with Crippen molar-refractivity contribution in [3.05, 3.63) is 41.7 Å². The Labute approximate surface area is 125 Å². The van der Waals surface area contributed by atoms with Gasteiger partial charge in [0.05, 0.1) is 12.7 Å². The normalized spacial score (nSPS) is 11.5. The number of carbonyl (C=O) groups is 1. The number of rotatable bonds is 5. The maximum absolute atomic E-state index is 13.6. The van der Waals surface area contributed by atoms with E-state index < -0.39 is 0 Å². The molecule has 0 amide bonds. The minimum Gasteiger partial charge on any atom is -0.466 e. The molecular formula is C14H14FN3O2S. The molecule has 1 heterocycles. The molecule has 1 aromatic heterocycles. The highest BCUT2D eigenvalue weighted by atomic mass is 32.2. The van der Waals surface area contributed by atoms with Crippen LogP contribution in [0.1, 0.15) is 6.92 Å². The fourth-order valence-electron chi connectivity index (χ4n) is 1.57. The van der Waals surface area contributed by atoms with E-state index in [1.54, 1.807) is 31.2 Å². The third-order valence-corrected chi connectivity index (χ3v) is 3.48. The standard InChI is InChI=1S/C14H14FN3O2S/c1-9(13(19)20-2)7-8-21-14-16-12(17-18-14)10-5-3-4-6-11(10)15/h3-7H,8H2,1-2H3,(H,16,17,18). The van der Waals surface area contributed by atoms with E-state index >= 15 is 0 Å². The Kier molecular flexibility index (Phi) is 5.10. The molecule has 0 bridgehead atoms. The van der Waals surface area contributed by atoms with E-state index in [0.29, 0.717) is 27.9 Å². The minimum atomic E-state index is -0.363. The Balaban J connectivity index is 2.02. The number of hydrogen-bond donors (Lipinski definition) is 1. The molecule has 0 spiro atoms. The molecule has 2 rings (SSSR count). The predicted molar refractivity (Wildman–Crippen MR) is 78.3 cm³/mol. The average Bonchev–Trinajstić information content (AvgIpc) is 2.95. The number of hydrogen-bond acceptors (Lipinski definition) is 5. The lowest BCUT2D eigenvalue weighted by Crippen LogP contribution is -2.01. The van der Waals surface area contributed by atoms with Crippen LogP contribution in [-0.2, 0) is 9.53 Å². The molecule has 5 nitrogen and oxygen atoms in total. The topological polar surface area (TPSA) is 67.9 Å². The lowest BCUT2D eigenvalue weighted by molar-refractivity contribution is -0.136. The Morgan fingerprint density at radius 2 is 2.24 bits per heavy atom. The molecule has 110 valence electrons. The number of aromatic amines is 1. The summed E-state index contributed by atoms with van der Waals surface area (Å²) in [7, 11) is 1.34. The molecule has 0 fully saturated rings. The van der Waals surface area contributed by atoms with E-state index in [-0.39, 0.29) is 11.8 Å². The predicted octanol–water partition coefficient (Wildman–Crippen LogP) is 2.82. The summed E-state index contributed by atoms with van der Waals surface area (Å²) in [5.74, 6) is 0.184. The number of esters is 1. The van der Waals surface area contributed by atoms with Gasteiger partial charge in [-0.2, -0.15) is 0 Å². The van der Waals surface area contributed by atoms with Crippen molar-refractivity contribution < 1.29 is 13.9 Å². The Hall–Kier alpha value is -2.15. The number of halogens is 1. The van der Waals surface area contributed by atoms with Crippen LogP contribution in [0.2, 0.25) is 0 Å². The van der Waals surface area contributed by atoms with Crippen molar-refractivity contribution in [1.29, 1.82) is 0 Å². The smallest absolute Gasteiger partial charge is 0.333 e. The Morgan fingerprint density at radius 1 is 1.48 bits per heavy atom. The number of carbonyl (C=O) groups excluding carboxylic acids is 1. The van der Waals surface area contributed by atoms with Gasteiger partial charge in [-0.05, 0) is 19.1 Å². The molecule has 0 aliphatic carbocycles. The Bertz CT molecular complexity index is 670. The maximum atomic E-state index is 13.6. The molecule has 0 aliphatic rings. The quantitative estimate of drug-likeness (QED) is 0.522. The molecule has 21 heavy (non-hydrogen) atoms. The van der Waals surface area contributed by atoms with Gasteiger partial charge >= 0.3 is 5.97 Å². The number of nitrogens with one attached hydrogen (secondary N) is 1. The fourth-order valence-corrected chi connectivity index (χ4v) is 2.32. The van der Waals surface area contributed by atoms with Crippen molar-refractivity contribution in [1.82, 2.24) is 15.2 Å². The number of methoxy groups -OCH3 is 1. The number of ether oxygens (including phenoxy) is 1. The number of benzene rings is 1. The van der Waals surface area contributed by atoms with E-state index in [0.717, 1.165) is 0 Å². The van der Waals surface area contributed by atoms with Crippen LogP contribution in [0.15, 0.2) is 41.1 Å². The Morgan fingerprint density at radius 3 is 2.95 bits per heavy atom. The highest BCUT2D eigenvalue weighted by molar-refractivity contribution is 7.99. The minimum absolute atomic E-state index is 0.355.